The minimum absolute atomic E-state index is 0.325. The molecule has 20 heavy (non-hydrogen) atoms. The molecule has 0 unspecified atom stereocenters. The van der Waals surface area contributed by atoms with Crippen molar-refractivity contribution >= 4 is 5.69 Å². The molecule has 1 aromatic rings. The Morgan fingerprint density at radius 2 is 1.65 bits per heavy atom. The van der Waals surface area contributed by atoms with Gasteiger partial charge in [0, 0.05) is 38.4 Å². The topological polar surface area (TPSA) is 6.48 Å². The molecule has 1 aromatic carbocycles. The summed E-state index contributed by atoms with van der Waals surface area (Å²) in [6.45, 7) is 4.21. The van der Waals surface area contributed by atoms with E-state index in [1.807, 2.05) is 4.90 Å². The maximum Gasteiger partial charge on any atom is 0.418 e. The van der Waals surface area contributed by atoms with Gasteiger partial charge in [-0.3, -0.25) is 4.90 Å². The van der Waals surface area contributed by atoms with Crippen LogP contribution in [0.4, 0.5) is 18.9 Å². The van der Waals surface area contributed by atoms with Crippen LogP contribution >= 0.6 is 0 Å². The summed E-state index contributed by atoms with van der Waals surface area (Å²) in [5.74, 6) is 0.837. The molecule has 5 heteroatoms. The van der Waals surface area contributed by atoms with Crippen LogP contribution in [0.2, 0.25) is 0 Å². The van der Waals surface area contributed by atoms with E-state index in [0.717, 1.165) is 25.6 Å². The molecule has 1 saturated heterocycles. The van der Waals surface area contributed by atoms with Crippen molar-refractivity contribution in [3.63, 3.8) is 0 Å². The molecule has 1 aliphatic carbocycles. The Bertz CT molecular complexity index is 460. The highest BCUT2D eigenvalue weighted by Gasteiger charge is 2.35. The van der Waals surface area contributed by atoms with Crippen molar-refractivity contribution in [2.75, 3.05) is 37.6 Å². The third-order valence-electron chi connectivity index (χ3n) is 4.14. The van der Waals surface area contributed by atoms with Crippen LogP contribution in [0, 0.1) is 5.92 Å². The van der Waals surface area contributed by atoms with Gasteiger partial charge in [-0.2, -0.15) is 13.2 Å². The first-order chi connectivity index (χ1) is 9.54. The minimum atomic E-state index is -4.28. The van der Waals surface area contributed by atoms with Gasteiger partial charge < -0.3 is 4.90 Å². The number of anilines is 1. The standard InChI is InChI=1S/C15H19F3N2/c16-15(17,18)13-3-1-2-4-14(13)20-9-7-19(8-10-20)11-12-5-6-12/h1-4,12H,5-11H2. The van der Waals surface area contributed by atoms with Crippen molar-refractivity contribution in [3.8, 4) is 0 Å². The summed E-state index contributed by atoms with van der Waals surface area (Å²) >= 11 is 0. The summed E-state index contributed by atoms with van der Waals surface area (Å²) in [5.41, 5.74) is -0.193. The molecule has 110 valence electrons. The number of para-hydroxylation sites is 1. The van der Waals surface area contributed by atoms with Crippen LogP contribution in [0.1, 0.15) is 18.4 Å². The Kier molecular flexibility index (Phi) is 3.63. The van der Waals surface area contributed by atoms with Crippen molar-refractivity contribution in [2.45, 2.75) is 19.0 Å². The predicted octanol–water partition coefficient (Wildman–Crippen LogP) is 3.24. The summed E-state index contributed by atoms with van der Waals surface area (Å²) in [6.07, 6.45) is -1.64. The van der Waals surface area contributed by atoms with Crippen LogP contribution in [0.25, 0.3) is 0 Å². The highest BCUT2D eigenvalue weighted by molar-refractivity contribution is 5.55. The van der Waals surface area contributed by atoms with Crippen LogP contribution in [-0.4, -0.2) is 37.6 Å². The second-order valence-electron chi connectivity index (χ2n) is 5.75. The third kappa shape index (κ3) is 3.08. The van der Waals surface area contributed by atoms with Crippen LogP contribution < -0.4 is 4.90 Å². The lowest BCUT2D eigenvalue weighted by molar-refractivity contribution is -0.137. The fourth-order valence-electron chi connectivity index (χ4n) is 2.83. The number of benzene rings is 1. The zero-order chi connectivity index (χ0) is 14.2. The van der Waals surface area contributed by atoms with Gasteiger partial charge in [-0.1, -0.05) is 12.1 Å². The molecule has 0 spiro atoms. The second-order valence-corrected chi connectivity index (χ2v) is 5.75. The number of rotatable bonds is 3. The molecule has 2 fully saturated rings. The van der Waals surface area contributed by atoms with Gasteiger partial charge in [0.05, 0.1) is 5.56 Å². The SMILES string of the molecule is FC(F)(F)c1ccccc1N1CCN(CC2CC2)CC1. The summed E-state index contributed by atoms with van der Waals surface area (Å²) in [7, 11) is 0. The molecule has 1 saturated carbocycles. The maximum absolute atomic E-state index is 13.0. The number of piperazine rings is 1. The summed E-state index contributed by atoms with van der Waals surface area (Å²) in [4.78, 5) is 4.25. The molecule has 2 nitrogen and oxygen atoms in total. The number of hydrogen-bond donors (Lipinski definition) is 0. The Morgan fingerprint density at radius 1 is 1.00 bits per heavy atom. The number of hydrogen-bond acceptors (Lipinski definition) is 2. The van der Waals surface area contributed by atoms with Crippen LogP contribution in [0.5, 0.6) is 0 Å². The van der Waals surface area contributed by atoms with Gasteiger partial charge in [0.1, 0.15) is 0 Å². The molecule has 0 bridgehead atoms. The van der Waals surface area contributed by atoms with Crippen LogP contribution in [0.15, 0.2) is 24.3 Å². The Hall–Kier alpha value is -1.23. The first-order valence-electron chi connectivity index (χ1n) is 7.17. The van der Waals surface area contributed by atoms with E-state index in [4.69, 9.17) is 0 Å². The highest BCUT2D eigenvalue weighted by atomic mass is 19.4. The van der Waals surface area contributed by atoms with Gasteiger partial charge in [-0.15, -0.1) is 0 Å². The molecule has 1 heterocycles. The van der Waals surface area contributed by atoms with E-state index in [0.29, 0.717) is 18.8 Å². The van der Waals surface area contributed by atoms with Gasteiger partial charge in [0.2, 0.25) is 0 Å². The maximum atomic E-state index is 13.0. The zero-order valence-corrected chi connectivity index (χ0v) is 11.4. The molecular formula is C15H19F3N2. The molecule has 2 aliphatic rings. The average molecular weight is 284 g/mol. The fraction of sp³-hybridized carbons (Fsp3) is 0.600. The van der Waals surface area contributed by atoms with E-state index in [9.17, 15) is 13.2 Å². The second kappa shape index (κ2) is 5.28. The molecular weight excluding hydrogens is 265 g/mol. The van der Waals surface area contributed by atoms with Gasteiger partial charge in [-0.25, -0.2) is 0 Å². The number of nitrogens with zero attached hydrogens (tertiary/aromatic N) is 2. The van der Waals surface area contributed by atoms with Gasteiger partial charge in [0.25, 0.3) is 0 Å². The largest absolute Gasteiger partial charge is 0.418 e. The molecule has 0 radical (unpaired) electrons. The van der Waals surface area contributed by atoms with E-state index >= 15 is 0 Å². The quantitative estimate of drug-likeness (QED) is 0.841. The first-order valence-corrected chi connectivity index (χ1v) is 7.17. The molecule has 1 aliphatic heterocycles. The number of alkyl halides is 3. The van der Waals surface area contributed by atoms with E-state index < -0.39 is 11.7 Å². The van der Waals surface area contributed by atoms with E-state index in [1.165, 1.54) is 25.0 Å². The summed E-state index contributed by atoms with van der Waals surface area (Å²) in [6, 6.07) is 5.89. The average Bonchev–Trinajstić information content (AvgIpc) is 3.23. The van der Waals surface area contributed by atoms with E-state index in [2.05, 4.69) is 4.90 Å². The Labute approximate surface area is 117 Å². The normalized spacial score (nSPS) is 21.2. The van der Waals surface area contributed by atoms with Crippen molar-refractivity contribution in [2.24, 2.45) is 5.92 Å². The fourth-order valence-corrected chi connectivity index (χ4v) is 2.83. The molecule has 0 N–H and O–H groups in total. The molecule has 3 rings (SSSR count). The molecule has 0 aromatic heterocycles. The molecule has 0 amide bonds. The predicted molar refractivity (Wildman–Crippen MR) is 72.8 cm³/mol. The van der Waals surface area contributed by atoms with Crippen molar-refractivity contribution in [3.05, 3.63) is 29.8 Å². The van der Waals surface area contributed by atoms with Crippen molar-refractivity contribution < 1.29 is 13.2 Å². The Balaban J connectivity index is 1.68. The van der Waals surface area contributed by atoms with Crippen LogP contribution in [-0.2, 0) is 6.18 Å². The Morgan fingerprint density at radius 3 is 2.25 bits per heavy atom. The first kappa shape index (κ1) is 13.7. The monoisotopic (exact) mass is 284 g/mol. The zero-order valence-electron chi connectivity index (χ0n) is 11.4. The smallest absolute Gasteiger partial charge is 0.368 e. The summed E-state index contributed by atoms with van der Waals surface area (Å²) < 4.78 is 39.1. The van der Waals surface area contributed by atoms with Crippen LogP contribution in [0.3, 0.4) is 0 Å². The number of halogens is 3. The van der Waals surface area contributed by atoms with Gasteiger partial charge in [0.15, 0.2) is 0 Å². The minimum Gasteiger partial charge on any atom is -0.368 e. The lowest BCUT2D eigenvalue weighted by atomic mass is 10.1. The molecule has 0 atom stereocenters. The van der Waals surface area contributed by atoms with Gasteiger partial charge in [-0.05, 0) is 30.9 Å². The highest BCUT2D eigenvalue weighted by Crippen LogP contribution is 2.37. The van der Waals surface area contributed by atoms with E-state index in [1.54, 1.807) is 12.1 Å². The van der Waals surface area contributed by atoms with Crippen molar-refractivity contribution in [1.82, 2.24) is 4.90 Å². The lowest BCUT2D eigenvalue weighted by Gasteiger charge is -2.37. The van der Waals surface area contributed by atoms with Crippen molar-refractivity contribution in [1.29, 1.82) is 0 Å². The van der Waals surface area contributed by atoms with E-state index in [-0.39, 0.29) is 0 Å². The third-order valence-corrected chi connectivity index (χ3v) is 4.14. The summed E-state index contributed by atoms with van der Waals surface area (Å²) in [5, 5.41) is 0. The lowest BCUT2D eigenvalue weighted by Crippen LogP contribution is -2.47. The van der Waals surface area contributed by atoms with Gasteiger partial charge >= 0.3 is 6.18 Å².